The minimum atomic E-state index is 0.0121. The van der Waals surface area contributed by atoms with E-state index in [9.17, 15) is 4.79 Å². The van der Waals surface area contributed by atoms with Gasteiger partial charge in [-0.1, -0.05) is 31.9 Å². The maximum atomic E-state index is 12.0. The van der Waals surface area contributed by atoms with E-state index in [0.29, 0.717) is 18.7 Å². The van der Waals surface area contributed by atoms with E-state index in [1.807, 2.05) is 24.3 Å². The van der Waals surface area contributed by atoms with Crippen molar-refractivity contribution in [3.63, 3.8) is 0 Å². The molecule has 0 spiro atoms. The monoisotopic (exact) mass is 363 g/mol. The number of methoxy groups -OCH3 is 1. The first-order valence-electron chi connectivity index (χ1n) is 5.18. The van der Waals surface area contributed by atoms with Crippen molar-refractivity contribution in [2.45, 2.75) is 4.83 Å². The number of rotatable bonds is 5. The van der Waals surface area contributed by atoms with Crippen LogP contribution in [-0.4, -0.2) is 42.9 Å². The van der Waals surface area contributed by atoms with Crippen molar-refractivity contribution in [2.75, 3.05) is 27.3 Å². The molecule has 1 amide bonds. The molecule has 0 saturated heterocycles. The number of carbonyl (C=O) groups excluding carboxylic acids is 1. The molecule has 1 atom stereocenters. The second-order valence-corrected chi connectivity index (χ2v) is 5.96. The Kier molecular flexibility index (Phi) is 6.16. The van der Waals surface area contributed by atoms with Crippen molar-refractivity contribution < 1.29 is 9.53 Å². The maximum Gasteiger partial charge on any atom is 0.253 e. The van der Waals surface area contributed by atoms with Crippen LogP contribution in [0.3, 0.4) is 0 Å². The van der Waals surface area contributed by atoms with Crippen molar-refractivity contribution in [3.8, 4) is 0 Å². The van der Waals surface area contributed by atoms with E-state index in [1.54, 1.807) is 19.1 Å². The fourth-order valence-electron chi connectivity index (χ4n) is 1.43. The number of amides is 1. The fraction of sp³-hybridized carbons (Fsp3) is 0.417. The Bertz CT molecular complexity index is 367. The molecule has 94 valence electrons. The molecule has 3 nitrogen and oxygen atoms in total. The Labute approximate surface area is 118 Å². The molecule has 5 heteroatoms. The maximum absolute atomic E-state index is 12.0. The van der Waals surface area contributed by atoms with Crippen molar-refractivity contribution >= 4 is 37.8 Å². The Hall–Kier alpha value is -0.390. The average molecular weight is 365 g/mol. The van der Waals surface area contributed by atoms with Gasteiger partial charge < -0.3 is 9.64 Å². The van der Waals surface area contributed by atoms with Gasteiger partial charge in [0.05, 0.1) is 11.4 Å². The lowest BCUT2D eigenvalue weighted by molar-refractivity contribution is 0.0784. The Morgan fingerprint density at radius 1 is 1.41 bits per heavy atom. The molecule has 17 heavy (non-hydrogen) atoms. The molecule has 0 heterocycles. The molecule has 0 aliphatic rings. The minimum absolute atomic E-state index is 0.0121. The van der Waals surface area contributed by atoms with Crippen molar-refractivity contribution in [1.29, 1.82) is 0 Å². The van der Waals surface area contributed by atoms with Gasteiger partial charge in [-0.15, -0.1) is 0 Å². The predicted octanol–water partition coefficient (Wildman–Crippen LogP) is 2.93. The first-order chi connectivity index (χ1) is 8.04. The predicted molar refractivity (Wildman–Crippen MR) is 75.7 cm³/mol. The van der Waals surface area contributed by atoms with Crippen molar-refractivity contribution in [1.82, 2.24) is 4.90 Å². The van der Waals surface area contributed by atoms with Crippen molar-refractivity contribution in [3.05, 3.63) is 34.3 Å². The van der Waals surface area contributed by atoms with Gasteiger partial charge in [-0.2, -0.15) is 0 Å². The number of hydrogen-bond acceptors (Lipinski definition) is 2. The molecule has 1 aromatic carbocycles. The molecule has 0 aromatic heterocycles. The average Bonchev–Trinajstić information content (AvgIpc) is 2.29. The first-order valence-corrected chi connectivity index (χ1v) is 6.89. The highest BCUT2D eigenvalue weighted by Crippen LogP contribution is 2.12. The molecule has 0 aliphatic heterocycles. The summed E-state index contributed by atoms with van der Waals surface area (Å²) in [5, 5.41) is 0. The lowest BCUT2D eigenvalue weighted by atomic mass is 10.2. The third-order valence-corrected chi connectivity index (χ3v) is 3.34. The van der Waals surface area contributed by atoms with E-state index < -0.39 is 0 Å². The van der Waals surface area contributed by atoms with E-state index >= 15 is 0 Å². The van der Waals surface area contributed by atoms with Gasteiger partial charge >= 0.3 is 0 Å². The quantitative estimate of drug-likeness (QED) is 0.752. The number of carbonyl (C=O) groups is 1. The third-order valence-electron chi connectivity index (χ3n) is 2.26. The SMILES string of the molecule is COCC(Br)CN(C)C(=O)c1ccc(Br)cc1. The van der Waals surface area contributed by atoms with Crippen LogP contribution in [0.2, 0.25) is 0 Å². The van der Waals surface area contributed by atoms with E-state index in [4.69, 9.17) is 4.74 Å². The smallest absolute Gasteiger partial charge is 0.253 e. The summed E-state index contributed by atoms with van der Waals surface area (Å²) in [6, 6.07) is 7.34. The van der Waals surface area contributed by atoms with Crippen LogP contribution in [0.25, 0.3) is 0 Å². The summed E-state index contributed by atoms with van der Waals surface area (Å²) in [6.45, 7) is 1.20. The van der Waals surface area contributed by atoms with E-state index in [1.165, 1.54) is 0 Å². The van der Waals surface area contributed by atoms with Gasteiger partial charge in [0.1, 0.15) is 0 Å². The molecular formula is C12H15Br2NO2. The molecule has 0 bridgehead atoms. The minimum Gasteiger partial charge on any atom is -0.383 e. The Morgan fingerprint density at radius 2 is 2.00 bits per heavy atom. The second kappa shape index (κ2) is 7.13. The van der Waals surface area contributed by atoms with Crippen molar-refractivity contribution in [2.24, 2.45) is 0 Å². The highest BCUT2D eigenvalue weighted by atomic mass is 79.9. The summed E-state index contributed by atoms with van der Waals surface area (Å²) < 4.78 is 5.98. The topological polar surface area (TPSA) is 29.5 Å². The number of alkyl halides is 1. The third kappa shape index (κ3) is 4.77. The molecule has 1 unspecified atom stereocenters. The highest BCUT2D eigenvalue weighted by molar-refractivity contribution is 9.10. The molecule has 0 saturated carbocycles. The van der Waals surface area contributed by atoms with E-state index in [2.05, 4.69) is 31.9 Å². The van der Waals surface area contributed by atoms with Crippen LogP contribution in [0.5, 0.6) is 0 Å². The summed E-state index contributed by atoms with van der Waals surface area (Å²) >= 11 is 6.81. The highest BCUT2D eigenvalue weighted by Gasteiger charge is 2.14. The van der Waals surface area contributed by atoms with Crippen LogP contribution < -0.4 is 0 Å². The molecule has 0 N–H and O–H groups in total. The zero-order chi connectivity index (χ0) is 12.8. The largest absolute Gasteiger partial charge is 0.383 e. The van der Waals surface area contributed by atoms with E-state index in [0.717, 1.165) is 4.47 Å². The number of benzene rings is 1. The zero-order valence-corrected chi connectivity index (χ0v) is 13.0. The molecular weight excluding hydrogens is 350 g/mol. The van der Waals surface area contributed by atoms with Gasteiger partial charge in [0.15, 0.2) is 0 Å². The number of ether oxygens (including phenoxy) is 1. The normalized spacial score (nSPS) is 12.2. The fourth-order valence-corrected chi connectivity index (χ4v) is 2.39. The Morgan fingerprint density at radius 3 is 2.53 bits per heavy atom. The molecule has 0 fully saturated rings. The summed E-state index contributed by atoms with van der Waals surface area (Å²) in [6.07, 6.45) is 0. The second-order valence-electron chi connectivity index (χ2n) is 3.75. The molecule has 1 rings (SSSR count). The lowest BCUT2D eigenvalue weighted by Gasteiger charge is -2.20. The summed E-state index contributed by atoms with van der Waals surface area (Å²) in [7, 11) is 3.43. The van der Waals surface area contributed by atoms with Crippen LogP contribution in [0.1, 0.15) is 10.4 Å². The molecule has 1 aromatic rings. The lowest BCUT2D eigenvalue weighted by Crippen LogP contribution is -2.33. The summed E-state index contributed by atoms with van der Waals surface area (Å²) in [5.74, 6) is 0.0121. The number of halogens is 2. The van der Waals surface area contributed by atoms with Gasteiger partial charge in [0.25, 0.3) is 5.91 Å². The van der Waals surface area contributed by atoms with Gasteiger partial charge in [-0.05, 0) is 24.3 Å². The van der Waals surface area contributed by atoms with E-state index in [-0.39, 0.29) is 10.7 Å². The van der Waals surface area contributed by atoms with Gasteiger partial charge in [0, 0.05) is 30.7 Å². The van der Waals surface area contributed by atoms with Gasteiger partial charge in [-0.3, -0.25) is 4.79 Å². The first kappa shape index (κ1) is 14.7. The zero-order valence-electron chi connectivity index (χ0n) is 9.82. The Balaban J connectivity index is 2.60. The van der Waals surface area contributed by atoms with Crippen LogP contribution >= 0.6 is 31.9 Å². The van der Waals surface area contributed by atoms with Crippen LogP contribution in [0.15, 0.2) is 28.7 Å². The van der Waals surface area contributed by atoms with Crippen LogP contribution in [0, 0.1) is 0 Å². The molecule has 0 radical (unpaired) electrons. The number of hydrogen-bond donors (Lipinski definition) is 0. The standard InChI is InChI=1S/C12H15Br2NO2/c1-15(7-11(14)8-17-2)12(16)9-3-5-10(13)6-4-9/h3-6,11H,7-8H2,1-2H3. The summed E-state index contributed by atoms with van der Waals surface area (Å²) in [4.78, 5) is 13.9. The van der Waals surface area contributed by atoms with Crippen LogP contribution in [-0.2, 0) is 4.74 Å². The molecule has 0 aliphatic carbocycles. The van der Waals surface area contributed by atoms with Crippen LogP contribution in [0.4, 0.5) is 0 Å². The number of nitrogens with zero attached hydrogens (tertiary/aromatic N) is 1. The summed E-state index contributed by atoms with van der Waals surface area (Å²) in [5.41, 5.74) is 0.688. The van der Waals surface area contributed by atoms with Gasteiger partial charge in [0.2, 0.25) is 0 Å². The van der Waals surface area contributed by atoms with Gasteiger partial charge in [-0.25, -0.2) is 0 Å².